The maximum Gasteiger partial charge on any atom is 0.129 e. The van der Waals surface area contributed by atoms with Gasteiger partial charge in [-0.15, -0.1) is 0 Å². The minimum atomic E-state index is -0.515. The molecule has 5 heteroatoms. The van der Waals surface area contributed by atoms with E-state index in [0.29, 0.717) is 18.0 Å². The number of likely N-dealkylation sites (tertiary alicyclic amines) is 1. The molecule has 4 rings (SSSR count). The third-order valence-electron chi connectivity index (χ3n) is 5.75. The molecular formula is C21H25F2N3. The van der Waals surface area contributed by atoms with Gasteiger partial charge in [0.25, 0.3) is 0 Å². The highest BCUT2D eigenvalue weighted by molar-refractivity contribution is 5.64. The molecule has 138 valence electrons. The van der Waals surface area contributed by atoms with Crippen LogP contribution in [-0.2, 0) is 12.8 Å². The summed E-state index contributed by atoms with van der Waals surface area (Å²) in [5.74, 6) is -0.954. The second kappa shape index (κ2) is 7.23. The van der Waals surface area contributed by atoms with E-state index < -0.39 is 11.6 Å². The fourth-order valence-electron chi connectivity index (χ4n) is 4.26. The lowest BCUT2D eigenvalue weighted by atomic mass is 10.0. The number of piperidine rings is 1. The van der Waals surface area contributed by atoms with E-state index in [4.69, 9.17) is 5.73 Å². The number of benzene rings is 2. The zero-order chi connectivity index (χ0) is 18.1. The van der Waals surface area contributed by atoms with E-state index in [1.807, 2.05) is 6.07 Å². The molecule has 2 heterocycles. The van der Waals surface area contributed by atoms with Crippen LogP contribution in [0.5, 0.6) is 0 Å². The molecule has 0 aliphatic carbocycles. The van der Waals surface area contributed by atoms with Crippen LogP contribution in [0.2, 0.25) is 0 Å². The van der Waals surface area contributed by atoms with Crippen LogP contribution in [0.1, 0.15) is 24.0 Å². The van der Waals surface area contributed by atoms with Crippen molar-refractivity contribution in [3.8, 4) is 0 Å². The number of hydrogen-bond acceptors (Lipinski definition) is 3. The average molecular weight is 357 g/mol. The molecule has 0 saturated carbocycles. The normalized spacial score (nSPS) is 18.3. The van der Waals surface area contributed by atoms with Crippen molar-refractivity contribution in [2.45, 2.75) is 31.7 Å². The van der Waals surface area contributed by atoms with E-state index >= 15 is 0 Å². The molecule has 0 aromatic heterocycles. The first-order valence-corrected chi connectivity index (χ1v) is 9.41. The molecule has 26 heavy (non-hydrogen) atoms. The summed E-state index contributed by atoms with van der Waals surface area (Å²) in [5.41, 5.74) is 10.1. The minimum Gasteiger partial charge on any atom is -0.399 e. The molecule has 2 aliphatic rings. The van der Waals surface area contributed by atoms with Crippen molar-refractivity contribution in [3.05, 3.63) is 59.2 Å². The number of fused-ring (bicyclic) bond motifs is 1. The first-order chi connectivity index (χ1) is 12.6. The summed E-state index contributed by atoms with van der Waals surface area (Å²) in [4.78, 5) is 4.90. The second-order valence-electron chi connectivity index (χ2n) is 7.39. The zero-order valence-electron chi connectivity index (χ0n) is 14.9. The van der Waals surface area contributed by atoms with Crippen molar-refractivity contribution < 1.29 is 8.78 Å². The first kappa shape index (κ1) is 17.3. The number of nitrogens with two attached hydrogens (primary N) is 1. The topological polar surface area (TPSA) is 32.5 Å². The van der Waals surface area contributed by atoms with Gasteiger partial charge in [0, 0.05) is 49.7 Å². The number of halogens is 2. The van der Waals surface area contributed by atoms with Gasteiger partial charge < -0.3 is 15.5 Å². The summed E-state index contributed by atoms with van der Waals surface area (Å²) in [7, 11) is 0. The van der Waals surface area contributed by atoms with Crippen LogP contribution in [0.3, 0.4) is 0 Å². The number of hydrogen-bond donors (Lipinski definition) is 1. The van der Waals surface area contributed by atoms with Crippen LogP contribution in [0, 0.1) is 11.6 Å². The molecule has 2 N–H and O–H groups in total. The summed E-state index contributed by atoms with van der Waals surface area (Å²) in [6.07, 6.45) is 3.94. The van der Waals surface area contributed by atoms with E-state index in [0.717, 1.165) is 57.2 Å². The Morgan fingerprint density at radius 2 is 1.81 bits per heavy atom. The lowest BCUT2D eigenvalue weighted by molar-refractivity contribution is 0.211. The Hall–Kier alpha value is -2.14. The molecule has 0 amide bonds. The Bertz CT molecular complexity index is 785. The maximum atomic E-state index is 13.8. The van der Waals surface area contributed by atoms with Crippen LogP contribution >= 0.6 is 0 Å². The zero-order valence-corrected chi connectivity index (χ0v) is 14.9. The largest absolute Gasteiger partial charge is 0.399 e. The molecule has 3 nitrogen and oxygen atoms in total. The SMILES string of the molecule is Nc1ccc2c(c1)N(C1CCN(CCc3ccc(F)cc3F)CC1)CC2. The van der Waals surface area contributed by atoms with Crippen LogP contribution in [0.15, 0.2) is 36.4 Å². The summed E-state index contributed by atoms with van der Waals surface area (Å²) < 4.78 is 26.8. The standard InChI is InChI=1S/C21H25F2N3/c22-17-3-1-15(20(23)13-17)5-9-25-10-7-19(8-11-25)26-12-6-16-2-4-18(24)14-21(16)26/h1-4,13-14,19H,5-12,24H2. The quantitative estimate of drug-likeness (QED) is 0.849. The van der Waals surface area contributed by atoms with Crippen LogP contribution in [-0.4, -0.2) is 37.1 Å². The summed E-state index contributed by atoms with van der Waals surface area (Å²) in [6.45, 7) is 3.92. The number of nitrogen functional groups attached to an aromatic ring is 1. The first-order valence-electron chi connectivity index (χ1n) is 9.41. The number of rotatable bonds is 4. The monoisotopic (exact) mass is 357 g/mol. The van der Waals surface area contributed by atoms with E-state index in [-0.39, 0.29) is 0 Å². The molecule has 1 saturated heterocycles. The minimum absolute atomic E-state index is 0.439. The van der Waals surface area contributed by atoms with Gasteiger partial charge in [-0.25, -0.2) is 8.78 Å². The van der Waals surface area contributed by atoms with E-state index in [2.05, 4.69) is 21.9 Å². The van der Waals surface area contributed by atoms with Gasteiger partial charge in [0.2, 0.25) is 0 Å². The van der Waals surface area contributed by atoms with Gasteiger partial charge in [-0.3, -0.25) is 0 Å². The Kier molecular flexibility index (Phi) is 4.81. The maximum absolute atomic E-state index is 13.8. The number of anilines is 2. The highest BCUT2D eigenvalue weighted by Gasteiger charge is 2.29. The van der Waals surface area contributed by atoms with Crippen LogP contribution in [0.25, 0.3) is 0 Å². The van der Waals surface area contributed by atoms with Crippen molar-refractivity contribution in [2.24, 2.45) is 0 Å². The van der Waals surface area contributed by atoms with Gasteiger partial charge in [-0.1, -0.05) is 12.1 Å². The van der Waals surface area contributed by atoms with Crippen molar-refractivity contribution in [1.29, 1.82) is 0 Å². The highest BCUT2D eigenvalue weighted by Crippen LogP contribution is 2.34. The summed E-state index contributed by atoms with van der Waals surface area (Å²) in [5, 5.41) is 0. The molecule has 2 aromatic carbocycles. The third kappa shape index (κ3) is 3.54. The van der Waals surface area contributed by atoms with Crippen molar-refractivity contribution in [1.82, 2.24) is 4.90 Å². The molecule has 0 unspecified atom stereocenters. The molecular weight excluding hydrogens is 332 g/mol. The van der Waals surface area contributed by atoms with E-state index in [9.17, 15) is 8.78 Å². The van der Waals surface area contributed by atoms with Crippen molar-refractivity contribution >= 4 is 11.4 Å². The van der Waals surface area contributed by atoms with Crippen molar-refractivity contribution in [2.75, 3.05) is 36.8 Å². The summed E-state index contributed by atoms with van der Waals surface area (Å²) in [6, 6.07) is 10.7. The Morgan fingerprint density at radius 1 is 1.00 bits per heavy atom. The molecule has 2 aromatic rings. The van der Waals surface area contributed by atoms with Crippen molar-refractivity contribution in [3.63, 3.8) is 0 Å². The molecule has 2 aliphatic heterocycles. The van der Waals surface area contributed by atoms with Gasteiger partial charge in [-0.2, -0.15) is 0 Å². The summed E-state index contributed by atoms with van der Waals surface area (Å²) >= 11 is 0. The lowest BCUT2D eigenvalue weighted by Gasteiger charge is -2.38. The Balaban J connectivity index is 1.32. The Labute approximate surface area is 153 Å². The average Bonchev–Trinajstić information content (AvgIpc) is 3.04. The van der Waals surface area contributed by atoms with E-state index in [1.54, 1.807) is 6.07 Å². The van der Waals surface area contributed by atoms with Crippen LogP contribution < -0.4 is 10.6 Å². The van der Waals surface area contributed by atoms with E-state index in [1.165, 1.54) is 17.3 Å². The van der Waals surface area contributed by atoms with Gasteiger partial charge >= 0.3 is 0 Å². The van der Waals surface area contributed by atoms with Gasteiger partial charge in [0.1, 0.15) is 11.6 Å². The second-order valence-corrected chi connectivity index (χ2v) is 7.39. The highest BCUT2D eigenvalue weighted by atomic mass is 19.1. The van der Waals surface area contributed by atoms with Crippen LogP contribution in [0.4, 0.5) is 20.2 Å². The van der Waals surface area contributed by atoms with Gasteiger partial charge in [0.05, 0.1) is 0 Å². The smallest absolute Gasteiger partial charge is 0.129 e. The molecule has 0 bridgehead atoms. The lowest BCUT2D eigenvalue weighted by Crippen LogP contribution is -2.45. The van der Waals surface area contributed by atoms with Gasteiger partial charge in [0.15, 0.2) is 0 Å². The fraction of sp³-hybridized carbons (Fsp3) is 0.429. The molecule has 0 spiro atoms. The molecule has 0 radical (unpaired) electrons. The Morgan fingerprint density at radius 3 is 2.58 bits per heavy atom. The predicted molar refractivity (Wildman–Crippen MR) is 101 cm³/mol. The fourth-order valence-corrected chi connectivity index (χ4v) is 4.26. The van der Waals surface area contributed by atoms with Gasteiger partial charge in [-0.05, 0) is 55.0 Å². The predicted octanol–water partition coefficient (Wildman–Crippen LogP) is 3.62. The third-order valence-corrected chi connectivity index (χ3v) is 5.75. The molecule has 1 fully saturated rings. The number of nitrogens with zero attached hydrogens (tertiary/aromatic N) is 2. The molecule has 0 atom stereocenters.